The second kappa shape index (κ2) is 7.05. The molecule has 2 rings (SSSR count). The molecule has 0 aliphatic heterocycles. The highest BCUT2D eigenvalue weighted by atomic mass is 16.5. The summed E-state index contributed by atoms with van der Waals surface area (Å²) >= 11 is 0. The van der Waals surface area contributed by atoms with Crippen LogP contribution in [0.3, 0.4) is 0 Å². The van der Waals surface area contributed by atoms with Crippen molar-refractivity contribution in [3.05, 3.63) is 41.2 Å². The molecule has 0 radical (unpaired) electrons. The van der Waals surface area contributed by atoms with E-state index in [1.54, 1.807) is 0 Å². The van der Waals surface area contributed by atoms with Gasteiger partial charge < -0.3 is 10.5 Å². The maximum absolute atomic E-state index is 5.71. The number of benzene rings is 1. The van der Waals surface area contributed by atoms with Crippen molar-refractivity contribution in [2.45, 2.75) is 39.8 Å². The Morgan fingerprint density at radius 2 is 2.00 bits per heavy atom. The van der Waals surface area contributed by atoms with Gasteiger partial charge in [0.05, 0.1) is 18.0 Å². The zero-order valence-corrected chi connectivity index (χ0v) is 12.2. The number of hydrogen-bond acceptors (Lipinski definition) is 4. The van der Waals surface area contributed by atoms with Gasteiger partial charge in [-0.05, 0) is 31.0 Å². The lowest BCUT2D eigenvalue weighted by atomic mass is 10.2. The van der Waals surface area contributed by atoms with E-state index in [4.69, 9.17) is 10.5 Å². The Balaban J connectivity index is 1.76. The molecule has 0 unspecified atom stereocenters. The molecule has 0 spiro atoms. The minimum atomic E-state index is 0.437. The van der Waals surface area contributed by atoms with E-state index in [2.05, 4.69) is 29.4 Å². The van der Waals surface area contributed by atoms with Crippen LogP contribution < -0.4 is 10.5 Å². The number of nitrogens with zero attached hydrogens (tertiary/aromatic N) is 3. The summed E-state index contributed by atoms with van der Waals surface area (Å²) in [4.78, 5) is 0. The molecule has 108 valence electrons. The van der Waals surface area contributed by atoms with E-state index in [-0.39, 0.29) is 0 Å². The van der Waals surface area contributed by atoms with Gasteiger partial charge in [0.25, 0.3) is 0 Å². The van der Waals surface area contributed by atoms with Gasteiger partial charge in [0.15, 0.2) is 0 Å². The molecule has 0 aliphatic carbocycles. The minimum absolute atomic E-state index is 0.437. The molecule has 0 aliphatic rings. The van der Waals surface area contributed by atoms with Crippen molar-refractivity contribution in [1.82, 2.24) is 15.0 Å². The lowest BCUT2D eigenvalue weighted by Gasteiger charge is -2.07. The predicted molar refractivity (Wildman–Crippen MR) is 78.6 cm³/mol. The second-order valence-electron chi connectivity index (χ2n) is 4.75. The summed E-state index contributed by atoms with van der Waals surface area (Å²) in [6, 6.07) is 8.24. The van der Waals surface area contributed by atoms with Gasteiger partial charge in [0.2, 0.25) is 0 Å². The molecule has 1 aromatic heterocycles. The van der Waals surface area contributed by atoms with Crippen LogP contribution in [0.25, 0.3) is 0 Å². The standard InChI is InChI=1S/C15H22N4O/c1-3-13-5-7-14(8-6-13)20-10-4-9-19-12(2)15(11-16)17-18-19/h5-8H,3-4,9-11,16H2,1-2H3. The van der Waals surface area contributed by atoms with E-state index in [1.165, 1.54) is 5.56 Å². The molecule has 0 bridgehead atoms. The van der Waals surface area contributed by atoms with Crippen molar-refractivity contribution in [2.24, 2.45) is 5.73 Å². The normalized spacial score (nSPS) is 10.8. The molecule has 0 fully saturated rings. The van der Waals surface area contributed by atoms with Crippen LogP contribution >= 0.6 is 0 Å². The van der Waals surface area contributed by atoms with Crippen LogP contribution in [0.4, 0.5) is 0 Å². The third-order valence-electron chi connectivity index (χ3n) is 3.39. The largest absolute Gasteiger partial charge is 0.494 e. The van der Waals surface area contributed by atoms with Crippen LogP contribution in [-0.4, -0.2) is 21.6 Å². The zero-order chi connectivity index (χ0) is 14.4. The monoisotopic (exact) mass is 274 g/mol. The molecule has 0 atom stereocenters. The molecule has 2 aromatic rings. The predicted octanol–water partition coefficient (Wildman–Crippen LogP) is 2.08. The first-order valence-corrected chi connectivity index (χ1v) is 7.05. The summed E-state index contributed by atoms with van der Waals surface area (Å²) in [6.07, 6.45) is 1.94. The van der Waals surface area contributed by atoms with Crippen LogP contribution in [0.5, 0.6) is 5.75 Å². The van der Waals surface area contributed by atoms with Crippen LogP contribution in [0, 0.1) is 6.92 Å². The highest BCUT2D eigenvalue weighted by Gasteiger charge is 2.06. The smallest absolute Gasteiger partial charge is 0.119 e. The van der Waals surface area contributed by atoms with Crippen molar-refractivity contribution < 1.29 is 4.74 Å². The first kappa shape index (κ1) is 14.5. The molecule has 0 amide bonds. The number of aromatic nitrogens is 3. The fourth-order valence-corrected chi connectivity index (χ4v) is 2.02. The lowest BCUT2D eigenvalue weighted by Crippen LogP contribution is -2.08. The number of hydrogen-bond donors (Lipinski definition) is 1. The van der Waals surface area contributed by atoms with Crippen LogP contribution in [0.15, 0.2) is 24.3 Å². The average molecular weight is 274 g/mol. The van der Waals surface area contributed by atoms with E-state index in [0.717, 1.165) is 36.5 Å². The number of aryl methyl sites for hydroxylation is 2. The van der Waals surface area contributed by atoms with E-state index in [1.807, 2.05) is 23.7 Å². The van der Waals surface area contributed by atoms with Gasteiger partial charge in [0.1, 0.15) is 5.75 Å². The molecule has 5 nitrogen and oxygen atoms in total. The van der Waals surface area contributed by atoms with Gasteiger partial charge in [-0.3, -0.25) is 0 Å². The molecular formula is C15H22N4O. The van der Waals surface area contributed by atoms with Crippen molar-refractivity contribution in [1.29, 1.82) is 0 Å². The van der Waals surface area contributed by atoms with E-state index in [9.17, 15) is 0 Å². The number of rotatable bonds is 7. The summed E-state index contributed by atoms with van der Waals surface area (Å²) in [7, 11) is 0. The maximum atomic E-state index is 5.71. The van der Waals surface area contributed by atoms with Crippen molar-refractivity contribution in [2.75, 3.05) is 6.61 Å². The summed E-state index contributed by atoms with van der Waals surface area (Å²) in [5.41, 5.74) is 8.81. The molecule has 1 aromatic carbocycles. The van der Waals surface area contributed by atoms with Crippen LogP contribution in [0.1, 0.15) is 30.3 Å². The fraction of sp³-hybridized carbons (Fsp3) is 0.467. The van der Waals surface area contributed by atoms with Crippen molar-refractivity contribution in [3.8, 4) is 5.75 Å². The molecule has 0 saturated heterocycles. The molecule has 0 saturated carbocycles. The summed E-state index contributed by atoms with van der Waals surface area (Å²) < 4.78 is 7.59. The third kappa shape index (κ3) is 3.57. The van der Waals surface area contributed by atoms with E-state index >= 15 is 0 Å². The lowest BCUT2D eigenvalue weighted by molar-refractivity contribution is 0.297. The Morgan fingerprint density at radius 3 is 2.60 bits per heavy atom. The second-order valence-corrected chi connectivity index (χ2v) is 4.75. The SMILES string of the molecule is CCc1ccc(OCCCn2nnc(CN)c2C)cc1. The quantitative estimate of drug-likeness (QED) is 0.785. The average Bonchev–Trinajstić information content (AvgIpc) is 2.84. The Kier molecular flexibility index (Phi) is 5.12. The topological polar surface area (TPSA) is 66.0 Å². The maximum Gasteiger partial charge on any atom is 0.119 e. The Labute approximate surface area is 119 Å². The van der Waals surface area contributed by atoms with Gasteiger partial charge >= 0.3 is 0 Å². The van der Waals surface area contributed by atoms with Gasteiger partial charge in [-0.2, -0.15) is 0 Å². The molecule has 20 heavy (non-hydrogen) atoms. The van der Waals surface area contributed by atoms with Crippen LogP contribution in [-0.2, 0) is 19.5 Å². The first-order valence-electron chi connectivity index (χ1n) is 7.05. The molecule has 5 heteroatoms. The Morgan fingerprint density at radius 1 is 1.25 bits per heavy atom. The van der Waals surface area contributed by atoms with Gasteiger partial charge in [-0.1, -0.05) is 24.3 Å². The van der Waals surface area contributed by atoms with Crippen molar-refractivity contribution in [3.63, 3.8) is 0 Å². The number of ether oxygens (including phenoxy) is 1. The molecule has 1 heterocycles. The van der Waals surface area contributed by atoms with E-state index < -0.39 is 0 Å². The summed E-state index contributed by atoms with van der Waals surface area (Å²) in [5.74, 6) is 0.917. The first-order chi connectivity index (χ1) is 9.74. The van der Waals surface area contributed by atoms with Gasteiger partial charge in [-0.15, -0.1) is 5.10 Å². The van der Waals surface area contributed by atoms with Crippen LogP contribution in [0.2, 0.25) is 0 Å². The highest BCUT2D eigenvalue weighted by Crippen LogP contribution is 2.13. The van der Waals surface area contributed by atoms with Crippen molar-refractivity contribution >= 4 is 0 Å². The number of nitrogens with two attached hydrogens (primary N) is 1. The van der Waals surface area contributed by atoms with Gasteiger partial charge in [-0.25, -0.2) is 4.68 Å². The Bertz CT molecular complexity index is 533. The highest BCUT2D eigenvalue weighted by molar-refractivity contribution is 5.27. The summed E-state index contributed by atoms with van der Waals surface area (Å²) in [5, 5.41) is 8.12. The van der Waals surface area contributed by atoms with Gasteiger partial charge in [0, 0.05) is 19.5 Å². The summed E-state index contributed by atoms with van der Waals surface area (Å²) in [6.45, 7) is 6.04. The fourth-order valence-electron chi connectivity index (χ4n) is 2.02. The minimum Gasteiger partial charge on any atom is -0.494 e. The molecule has 2 N–H and O–H groups in total. The third-order valence-corrected chi connectivity index (χ3v) is 3.39. The Hall–Kier alpha value is -1.88. The zero-order valence-electron chi connectivity index (χ0n) is 12.2. The molecular weight excluding hydrogens is 252 g/mol. The van der Waals surface area contributed by atoms with E-state index in [0.29, 0.717) is 13.2 Å².